The van der Waals surface area contributed by atoms with Crippen LogP contribution in [0.1, 0.15) is 43.5 Å². The summed E-state index contributed by atoms with van der Waals surface area (Å²) >= 11 is 0. The second kappa shape index (κ2) is 7.05. The number of rotatable bonds is 2. The zero-order valence-corrected chi connectivity index (χ0v) is 18.6. The average molecular weight is 451 g/mol. The molecule has 34 heavy (non-hydrogen) atoms. The topological polar surface area (TPSA) is 80.8 Å². The Hall–Kier alpha value is -3.90. The van der Waals surface area contributed by atoms with Gasteiger partial charge in [0.15, 0.2) is 0 Å². The summed E-state index contributed by atoms with van der Waals surface area (Å²) in [5.41, 5.74) is 1.28. The normalized spacial score (nSPS) is 24.8. The fraction of sp³-hybridized carbons (Fsp3) is 0.214. The first-order valence-corrected chi connectivity index (χ1v) is 11.2. The lowest BCUT2D eigenvalue weighted by Crippen LogP contribution is -2.51. The molecule has 6 heteroatoms. The summed E-state index contributed by atoms with van der Waals surface area (Å²) in [7, 11) is 0. The van der Waals surface area contributed by atoms with Crippen molar-refractivity contribution in [3.8, 4) is 0 Å². The first-order chi connectivity index (χ1) is 16.4. The number of ether oxygens (including phenoxy) is 1. The predicted molar refractivity (Wildman–Crippen MR) is 123 cm³/mol. The van der Waals surface area contributed by atoms with Crippen molar-refractivity contribution in [1.82, 2.24) is 0 Å². The van der Waals surface area contributed by atoms with E-state index in [0.717, 1.165) is 16.0 Å². The SMILES string of the molecule is Cc1ccc(N2C(=O)C3C(c4ccccc4)OC4(C(=O)c5ccccc5C4=O)C3C2=O)c(C)c1. The third-order valence-electron chi connectivity index (χ3n) is 7.24. The maximum absolute atomic E-state index is 13.9. The van der Waals surface area contributed by atoms with Crippen LogP contribution in [0.5, 0.6) is 0 Å². The summed E-state index contributed by atoms with van der Waals surface area (Å²) < 4.78 is 6.28. The standard InChI is InChI=1S/C28H21NO5/c1-15-12-13-20(16(2)14-15)29-26(32)21-22(27(29)33)28(34-23(21)17-8-4-3-5-9-17)24(30)18-10-6-7-11-19(18)25(28)31/h3-14,21-23H,1-2H3. The Kier molecular flexibility index (Phi) is 4.29. The van der Waals surface area contributed by atoms with E-state index < -0.39 is 46.9 Å². The lowest BCUT2D eigenvalue weighted by Gasteiger charge is -2.27. The number of carbonyl (C=O) groups is 4. The summed E-state index contributed by atoms with van der Waals surface area (Å²) in [6.07, 6.45) is -0.902. The van der Waals surface area contributed by atoms with Gasteiger partial charge < -0.3 is 4.74 Å². The van der Waals surface area contributed by atoms with Crippen LogP contribution in [0, 0.1) is 25.7 Å². The molecule has 1 aliphatic carbocycles. The highest BCUT2D eigenvalue weighted by Gasteiger charge is 2.74. The first-order valence-electron chi connectivity index (χ1n) is 11.2. The monoisotopic (exact) mass is 451 g/mol. The minimum absolute atomic E-state index is 0.227. The highest BCUT2D eigenvalue weighted by Crippen LogP contribution is 2.57. The van der Waals surface area contributed by atoms with Gasteiger partial charge in [-0.05, 0) is 31.0 Å². The zero-order valence-electron chi connectivity index (χ0n) is 18.6. The maximum Gasteiger partial charge on any atom is 0.241 e. The van der Waals surface area contributed by atoms with Gasteiger partial charge in [-0.15, -0.1) is 0 Å². The molecule has 3 unspecified atom stereocenters. The van der Waals surface area contributed by atoms with Gasteiger partial charge in [-0.25, -0.2) is 4.90 Å². The number of hydrogen-bond acceptors (Lipinski definition) is 5. The number of imide groups is 1. The molecule has 168 valence electrons. The molecule has 3 aromatic rings. The lowest BCUT2D eigenvalue weighted by molar-refractivity contribution is -0.127. The van der Waals surface area contributed by atoms with E-state index in [1.807, 2.05) is 32.0 Å². The summed E-state index contributed by atoms with van der Waals surface area (Å²) in [6.45, 7) is 3.76. The summed E-state index contributed by atoms with van der Waals surface area (Å²) in [5, 5.41) is 0. The van der Waals surface area contributed by atoms with Crippen LogP contribution in [-0.4, -0.2) is 29.0 Å². The van der Waals surface area contributed by atoms with Crippen molar-refractivity contribution < 1.29 is 23.9 Å². The van der Waals surface area contributed by atoms with Gasteiger partial charge in [-0.2, -0.15) is 0 Å². The minimum atomic E-state index is -2.05. The minimum Gasteiger partial charge on any atom is -0.349 e. The first kappa shape index (κ1) is 20.7. The zero-order chi connectivity index (χ0) is 23.8. The van der Waals surface area contributed by atoms with Crippen LogP contribution in [0.3, 0.4) is 0 Å². The number of Topliss-reactive ketones (excluding diaryl/α,β-unsaturated/α-hetero) is 2. The van der Waals surface area contributed by atoms with Crippen molar-refractivity contribution in [2.75, 3.05) is 4.90 Å². The number of nitrogens with zero attached hydrogens (tertiary/aromatic N) is 1. The van der Waals surface area contributed by atoms with E-state index >= 15 is 0 Å². The van der Waals surface area contributed by atoms with Crippen LogP contribution < -0.4 is 4.90 Å². The summed E-state index contributed by atoms with van der Waals surface area (Å²) in [4.78, 5) is 56.4. The Morgan fingerprint density at radius 1 is 0.765 bits per heavy atom. The highest BCUT2D eigenvalue weighted by atomic mass is 16.5. The predicted octanol–water partition coefficient (Wildman–Crippen LogP) is 4.00. The number of aryl methyl sites for hydroxylation is 2. The second-order valence-corrected chi connectivity index (χ2v) is 9.19. The van der Waals surface area contributed by atoms with Crippen molar-refractivity contribution in [2.24, 2.45) is 11.8 Å². The molecular formula is C28H21NO5. The van der Waals surface area contributed by atoms with Gasteiger partial charge in [0.05, 0.1) is 23.6 Å². The molecule has 6 rings (SSSR count). The molecule has 0 aromatic heterocycles. The molecule has 0 saturated carbocycles. The molecular weight excluding hydrogens is 430 g/mol. The Bertz CT molecular complexity index is 1370. The Balaban J connectivity index is 1.56. The molecule has 2 aliphatic heterocycles. The van der Waals surface area contributed by atoms with Crippen molar-refractivity contribution in [2.45, 2.75) is 25.6 Å². The molecule has 3 aliphatic rings. The molecule has 0 bridgehead atoms. The third-order valence-corrected chi connectivity index (χ3v) is 7.24. The van der Waals surface area contributed by atoms with E-state index in [1.54, 1.807) is 54.6 Å². The molecule has 1 spiro atoms. The maximum atomic E-state index is 13.9. The molecule has 2 fully saturated rings. The largest absolute Gasteiger partial charge is 0.349 e. The van der Waals surface area contributed by atoms with E-state index in [4.69, 9.17) is 4.74 Å². The van der Waals surface area contributed by atoms with Crippen molar-refractivity contribution >= 4 is 29.1 Å². The van der Waals surface area contributed by atoms with Crippen LogP contribution in [0.2, 0.25) is 0 Å². The molecule has 0 radical (unpaired) electrons. The van der Waals surface area contributed by atoms with Crippen molar-refractivity contribution in [1.29, 1.82) is 0 Å². The Morgan fingerprint density at radius 3 is 2.00 bits per heavy atom. The quantitative estimate of drug-likeness (QED) is 0.435. The molecule has 3 atom stereocenters. The third kappa shape index (κ3) is 2.49. The van der Waals surface area contributed by atoms with Gasteiger partial charge in [0, 0.05) is 11.1 Å². The van der Waals surface area contributed by atoms with Crippen LogP contribution in [0.25, 0.3) is 0 Å². The van der Waals surface area contributed by atoms with Crippen molar-refractivity contribution in [3.63, 3.8) is 0 Å². The molecule has 3 aromatic carbocycles. The highest BCUT2D eigenvalue weighted by molar-refractivity contribution is 6.37. The van der Waals surface area contributed by atoms with Gasteiger partial charge in [0.25, 0.3) is 0 Å². The molecule has 6 nitrogen and oxygen atoms in total. The van der Waals surface area contributed by atoms with E-state index in [9.17, 15) is 19.2 Å². The number of carbonyl (C=O) groups excluding carboxylic acids is 4. The average Bonchev–Trinajstić information content (AvgIpc) is 3.40. The molecule has 0 N–H and O–H groups in total. The summed E-state index contributed by atoms with van der Waals surface area (Å²) in [6, 6.07) is 21.0. The Labute approximate surface area is 196 Å². The van der Waals surface area contributed by atoms with Gasteiger partial charge in [-0.1, -0.05) is 72.3 Å². The van der Waals surface area contributed by atoms with Gasteiger partial charge in [0.1, 0.15) is 0 Å². The fourth-order valence-electron chi connectivity index (χ4n) is 5.75. The van der Waals surface area contributed by atoms with E-state index in [-0.39, 0.29) is 11.1 Å². The molecule has 2 heterocycles. The van der Waals surface area contributed by atoms with Crippen molar-refractivity contribution in [3.05, 3.63) is 101 Å². The number of amides is 2. The smallest absolute Gasteiger partial charge is 0.241 e. The van der Waals surface area contributed by atoms with Gasteiger partial charge in [-0.3, -0.25) is 19.2 Å². The number of hydrogen-bond donors (Lipinski definition) is 0. The van der Waals surface area contributed by atoms with E-state index in [2.05, 4.69) is 0 Å². The number of ketones is 2. The number of anilines is 1. The molecule has 2 saturated heterocycles. The number of benzene rings is 3. The second-order valence-electron chi connectivity index (χ2n) is 9.19. The van der Waals surface area contributed by atoms with Crippen LogP contribution in [0.4, 0.5) is 5.69 Å². The number of fused-ring (bicyclic) bond motifs is 3. The van der Waals surface area contributed by atoms with Crippen LogP contribution in [0.15, 0.2) is 72.8 Å². The van der Waals surface area contributed by atoms with E-state index in [1.165, 1.54) is 0 Å². The fourth-order valence-corrected chi connectivity index (χ4v) is 5.75. The molecule has 2 amide bonds. The van der Waals surface area contributed by atoms with Crippen LogP contribution >= 0.6 is 0 Å². The van der Waals surface area contributed by atoms with Gasteiger partial charge in [0.2, 0.25) is 29.0 Å². The Morgan fingerprint density at radius 2 is 1.38 bits per heavy atom. The van der Waals surface area contributed by atoms with E-state index in [0.29, 0.717) is 11.3 Å². The van der Waals surface area contributed by atoms with Gasteiger partial charge >= 0.3 is 0 Å². The summed E-state index contributed by atoms with van der Waals surface area (Å²) in [5.74, 6) is -4.36. The lowest BCUT2D eigenvalue weighted by atomic mass is 9.77. The van der Waals surface area contributed by atoms with Crippen LogP contribution in [-0.2, 0) is 14.3 Å².